The lowest BCUT2D eigenvalue weighted by Gasteiger charge is -2.26. The lowest BCUT2D eigenvalue weighted by Crippen LogP contribution is -2.40. The van der Waals surface area contributed by atoms with Gasteiger partial charge < -0.3 is 15.0 Å². The van der Waals surface area contributed by atoms with Crippen molar-refractivity contribution in [2.45, 2.75) is 53.1 Å². The van der Waals surface area contributed by atoms with Gasteiger partial charge in [-0.1, -0.05) is 32.9 Å². The van der Waals surface area contributed by atoms with Gasteiger partial charge in [-0.05, 0) is 51.1 Å². The van der Waals surface area contributed by atoms with E-state index in [0.29, 0.717) is 12.1 Å². The first-order valence-corrected chi connectivity index (χ1v) is 8.31. The molecule has 0 spiro atoms. The Balaban J connectivity index is 2.48. The molecule has 0 aliphatic rings. The molecule has 3 nitrogen and oxygen atoms in total. The highest BCUT2D eigenvalue weighted by atomic mass is 16.5. The Labute approximate surface area is 130 Å². The van der Waals surface area contributed by atoms with Crippen LogP contribution in [0.15, 0.2) is 24.3 Å². The Morgan fingerprint density at radius 2 is 1.67 bits per heavy atom. The predicted octanol–water partition coefficient (Wildman–Crippen LogP) is 3.86. The zero-order chi connectivity index (χ0) is 15.7. The van der Waals surface area contributed by atoms with Crippen LogP contribution in [0, 0.1) is 0 Å². The van der Waals surface area contributed by atoms with Gasteiger partial charge in [0.15, 0.2) is 0 Å². The fourth-order valence-corrected chi connectivity index (χ4v) is 2.52. The minimum absolute atomic E-state index is 0.357. The number of hydrogen-bond donors (Lipinski definition) is 1. The minimum Gasteiger partial charge on any atom is -0.494 e. The molecular weight excluding hydrogens is 260 g/mol. The maximum Gasteiger partial charge on any atom is 0.119 e. The second-order valence-electron chi connectivity index (χ2n) is 5.69. The summed E-state index contributed by atoms with van der Waals surface area (Å²) in [7, 11) is 0. The van der Waals surface area contributed by atoms with Crippen molar-refractivity contribution < 1.29 is 4.74 Å². The second-order valence-corrected chi connectivity index (χ2v) is 5.69. The van der Waals surface area contributed by atoms with Crippen LogP contribution in [-0.4, -0.2) is 37.2 Å². The van der Waals surface area contributed by atoms with Crippen molar-refractivity contribution in [2.75, 3.05) is 26.2 Å². The quantitative estimate of drug-likeness (QED) is 0.709. The number of rotatable bonds is 10. The van der Waals surface area contributed by atoms with Crippen LogP contribution in [0.3, 0.4) is 0 Å². The number of hydrogen-bond acceptors (Lipinski definition) is 3. The second kappa shape index (κ2) is 9.80. The maximum absolute atomic E-state index is 5.63. The molecule has 1 aromatic rings. The Bertz CT molecular complexity index is 373. The Morgan fingerprint density at radius 1 is 1.05 bits per heavy atom. The molecule has 1 aromatic carbocycles. The van der Waals surface area contributed by atoms with E-state index < -0.39 is 0 Å². The standard InChI is InChI=1S/C18H32N2O/c1-6-13-21-18-11-9-17(10-12-18)16(5)19-15(4)14-20(7-2)8-3/h9-12,15-16,19H,6-8,13-14H2,1-5H3. The monoisotopic (exact) mass is 292 g/mol. The van der Waals surface area contributed by atoms with Crippen molar-refractivity contribution in [2.24, 2.45) is 0 Å². The molecule has 2 unspecified atom stereocenters. The smallest absolute Gasteiger partial charge is 0.119 e. The number of nitrogens with one attached hydrogen (secondary N) is 1. The fourth-order valence-electron chi connectivity index (χ4n) is 2.52. The normalized spacial score (nSPS) is 14.2. The molecule has 0 fully saturated rings. The topological polar surface area (TPSA) is 24.5 Å². The molecule has 2 atom stereocenters. The summed E-state index contributed by atoms with van der Waals surface area (Å²) in [6, 6.07) is 9.29. The van der Waals surface area contributed by atoms with E-state index in [1.165, 1.54) is 5.56 Å². The Kier molecular flexibility index (Phi) is 8.40. The molecule has 3 heteroatoms. The summed E-state index contributed by atoms with van der Waals surface area (Å²) in [5, 5.41) is 3.68. The van der Waals surface area contributed by atoms with E-state index in [1.807, 2.05) is 0 Å². The van der Waals surface area contributed by atoms with Gasteiger partial charge in [0, 0.05) is 18.6 Å². The van der Waals surface area contributed by atoms with Crippen LogP contribution in [0.2, 0.25) is 0 Å². The molecule has 0 aromatic heterocycles. The van der Waals surface area contributed by atoms with Crippen LogP contribution >= 0.6 is 0 Å². The van der Waals surface area contributed by atoms with Gasteiger partial charge in [0.1, 0.15) is 5.75 Å². The van der Waals surface area contributed by atoms with E-state index in [1.54, 1.807) is 0 Å². The van der Waals surface area contributed by atoms with Crippen molar-refractivity contribution in [1.82, 2.24) is 10.2 Å². The summed E-state index contributed by atoms with van der Waals surface area (Å²) in [5.74, 6) is 0.962. The molecule has 0 saturated carbocycles. The first-order valence-electron chi connectivity index (χ1n) is 8.31. The third-order valence-corrected chi connectivity index (χ3v) is 3.81. The van der Waals surface area contributed by atoms with Gasteiger partial charge >= 0.3 is 0 Å². The van der Waals surface area contributed by atoms with E-state index in [9.17, 15) is 0 Å². The van der Waals surface area contributed by atoms with Gasteiger partial charge in [-0.25, -0.2) is 0 Å². The minimum atomic E-state index is 0.357. The van der Waals surface area contributed by atoms with Gasteiger partial charge in [-0.2, -0.15) is 0 Å². The van der Waals surface area contributed by atoms with Gasteiger partial charge in [-0.15, -0.1) is 0 Å². The van der Waals surface area contributed by atoms with E-state index in [4.69, 9.17) is 4.74 Å². The molecule has 21 heavy (non-hydrogen) atoms. The molecular formula is C18H32N2O. The van der Waals surface area contributed by atoms with Gasteiger partial charge in [0.25, 0.3) is 0 Å². The zero-order valence-electron chi connectivity index (χ0n) is 14.4. The molecule has 0 saturated heterocycles. The number of benzene rings is 1. The molecule has 120 valence electrons. The van der Waals surface area contributed by atoms with Crippen molar-refractivity contribution in [3.8, 4) is 5.75 Å². The van der Waals surface area contributed by atoms with Crippen molar-refractivity contribution in [3.63, 3.8) is 0 Å². The number of ether oxygens (including phenoxy) is 1. The van der Waals surface area contributed by atoms with Gasteiger partial charge in [0.2, 0.25) is 0 Å². The predicted molar refractivity (Wildman–Crippen MR) is 91.0 cm³/mol. The summed E-state index contributed by atoms with van der Waals surface area (Å²) >= 11 is 0. The molecule has 0 aliphatic carbocycles. The molecule has 0 heterocycles. The molecule has 1 rings (SSSR count). The van der Waals surface area contributed by atoms with Crippen molar-refractivity contribution in [1.29, 1.82) is 0 Å². The van der Waals surface area contributed by atoms with Crippen molar-refractivity contribution in [3.05, 3.63) is 29.8 Å². The lowest BCUT2D eigenvalue weighted by molar-refractivity contribution is 0.264. The molecule has 0 radical (unpaired) electrons. The largest absolute Gasteiger partial charge is 0.494 e. The molecule has 1 N–H and O–H groups in total. The van der Waals surface area contributed by atoms with Crippen LogP contribution in [-0.2, 0) is 0 Å². The highest BCUT2D eigenvalue weighted by Gasteiger charge is 2.11. The highest BCUT2D eigenvalue weighted by molar-refractivity contribution is 5.29. The Hall–Kier alpha value is -1.06. The summed E-state index contributed by atoms with van der Waals surface area (Å²) in [6.07, 6.45) is 1.04. The Morgan fingerprint density at radius 3 is 2.19 bits per heavy atom. The van der Waals surface area contributed by atoms with E-state index in [0.717, 1.165) is 38.4 Å². The van der Waals surface area contributed by atoms with Crippen LogP contribution in [0.1, 0.15) is 52.6 Å². The van der Waals surface area contributed by atoms with Crippen LogP contribution < -0.4 is 10.1 Å². The molecule has 0 amide bonds. The summed E-state index contributed by atoms with van der Waals surface area (Å²) < 4.78 is 5.63. The SMILES string of the molecule is CCCOc1ccc(C(C)NC(C)CN(CC)CC)cc1. The number of likely N-dealkylation sites (N-methyl/N-ethyl adjacent to an activating group) is 1. The van der Waals surface area contributed by atoms with Gasteiger partial charge in [0.05, 0.1) is 6.61 Å². The summed E-state index contributed by atoms with van der Waals surface area (Å²) in [4.78, 5) is 2.45. The average molecular weight is 292 g/mol. The van der Waals surface area contributed by atoms with Gasteiger partial charge in [-0.3, -0.25) is 0 Å². The first kappa shape index (κ1) is 18.0. The first-order chi connectivity index (χ1) is 10.1. The van der Waals surface area contributed by atoms with E-state index in [-0.39, 0.29) is 0 Å². The zero-order valence-corrected chi connectivity index (χ0v) is 14.4. The van der Waals surface area contributed by atoms with Crippen LogP contribution in [0.5, 0.6) is 5.75 Å². The average Bonchev–Trinajstić information content (AvgIpc) is 2.50. The van der Waals surface area contributed by atoms with E-state index in [2.05, 4.69) is 69.1 Å². The molecule has 0 bridgehead atoms. The third kappa shape index (κ3) is 6.49. The van der Waals surface area contributed by atoms with Crippen LogP contribution in [0.25, 0.3) is 0 Å². The fraction of sp³-hybridized carbons (Fsp3) is 0.667. The lowest BCUT2D eigenvalue weighted by atomic mass is 10.1. The summed E-state index contributed by atoms with van der Waals surface area (Å²) in [6.45, 7) is 15.1. The third-order valence-electron chi connectivity index (χ3n) is 3.81. The number of nitrogens with zero attached hydrogens (tertiary/aromatic N) is 1. The van der Waals surface area contributed by atoms with Crippen LogP contribution in [0.4, 0.5) is 0 Å². The summed E-state index contributed by atoms with van der Waals surface area (Å²) in [5.41, 5.74) is 1.31. The molecule has 0 aliphatic heterocycles. The highest BCUT2D eigenvalue weighted by Crippen LogP contribution is 2.18. The van der Waals surface area contributed by atoms with E-state index >= 15 is 0 Å². The van der Waals surface area contributed by atoms with Crippen molar-refractivity contribution >= 4 is 0 Å². The maximum atomic E-state index is 5.63.